The number of carbonyl (C=O) groups excluding carboxylic acids is 1. The van der Waals surface area contributed by atoms with Crippen molar-refractivity contribution in [3.05, 3.63) is 0 Å². The highest BCUT2D eigenvalue weighted by molar-refractivity contribution is 5.77. The predicted molar refractivity (Wildman–Crippen MR) is 42.2 cm³/mol. The van der Waals surface area contributed by atoms with Gasteiger partial charge in [0.2, 0.25) is 5.91 Å². The van der Waals surface area contributed by atoms with Crippen LogP contribution in [0.4, 0.5) is 0 Å². The first-order valence-corrected chi connectivity index (χ1v) is 4.25. The molecule has 2 aliphatic heterocycles. The third kappa shape index (κ3) is 1.13. The Hall–Kier alpha value is -0.570. The molecule has 0 bridgehead atoms. The zero-order valence-electron chi connectivity index (χ0n) is 6.84. The fourth-order valence-electron chi connectivity index (χ4n) is 2.06. The number of rotatable bonds is 0. The molecule has 2 rings (SSSR count). The van der Waals surface area contributed by atoms with Gasteiger partial charge in [0.25, 0.3) is 0 Å². The summed E-state index contributed by atoms with van der Waals surface area (Å²) in [7, 11) is 1.89. The van der Waals surface area contributed by atoms with Crippen LogP contribution in [0.2, 0.25) is 0 Å². The van der Waals surface area contributed by atoms with Crippen molar-refractivity contribution in [3.63, 3.8) is 0 Å². The van der Waals surface area contributed by atoms with Gasteiger partial charge in [-0.1, -0.05) is 0 Å². The molecule has 0 spiro atoms. The highest BCUT2D eigenvalue weighted by atomic mass is 16.2. The lowest BCUT2D eigenvalue weighted by molar-refractivity contribution is -0.133. The minimum Gasteiger partial charge on any atom is -0.344 e. The summed E-state index contributed by atoms with van der Waals surface area (Å²) in [6.07, 6.45) is 1.94. The number of nitrogens with zero attached hydrogens (tertiary/aromatic N) is 1. The Kier molecular flexibility index (Phi) is 1.60. The van der Waals surface area contributed by atoms with Gasteiger partial charge >= 0.3 is 0 Å². The summed E-state index contributed by atoms with van der Waals surface area (Å²) in [6, 6.07) is 0.581. The molecule has 11 heavy (non-hydrogen) atoms. The number of amides is 1. The Labute approximate surface area is 66.8 Å². The molecule has 2 unspecified atom stereocenters. The molecular weight excluding hydrogens is 140 g/mol. The van der Waals surface area contributed by atoms with E-state index in [1.54, 1.807) is 0 Å². The molecule has 0 aromatic carbocycles. The average Bonchev–Trinajstić information content (AvgIpc) is 2.36. The topological polar surface area (TPSA) is 32.3 Å². The Morgan fingerprint density at radius 3 is 3.27 bits per heavy atom. The van der Waals surface area contributed by atoms with E-state index >= 15 is 0 Å². The van der Waals surface area contributed by atoms with E-state index in [1.807, 2.05) is 11.9 Å². The third-order valence-electron chi connectivity index (χ3n) is 2.82. The number of piperidine rings is 1. The molecular formula is C8H14N2O. The van der Waals surface area contributed by atoms with E-state index < -0.39 is 0 Å². The van der Waals surface area contributed by atoms with E-state index in [-0.39, 0.29) is 0 Å². The fraction of sp³-hybridized carbons (Fsp3) is 0.875. The lowest BCUT2D eigenvalue weighted by atomic mass is 9.92. The van der Waals surface area contributed by atoms with Crippen LogP contribution in [0.3, 0.4) is 0 Å². The van der Waals surface area contributed by atoms with Crippen molar-refractivity contribution in [1.82, 2.24) is 10.2 Å². The third-order valence-corrected chi connectivity index (χ3v) is 2.82. The summed E-state index contributed by atoms with van der Waals surface area (Å²) in [5, 5.41) is 3.42. The minimum atomic E-state index is 0.315. The maximum Gasteiger partial charge on any atom is 0.222 e. The van der Waals surface area contributed by atoms with Crippen molar-refractivity contribution < 1.29 is 4.79 Å². The number of nitrogens with one attached hydrogen (secondary N) is 1. The van der Waals surface area contributed by atoms with Crippen LogP contribution < -0.4 is 5.32 Å². The summed E-state index contributed by atoms with van der Waals surface area (Å²) in [5.41, 5.74) is 0. The Bertz CT molecular complexity index is 181. The second kappa shape index (κ2) is 2.48. The lowest BCUT2D eigenvalue weighted by Gasteiger charge is -2.31. The highest BCUT2D eigenvalue weighted by Crippen LogP contribution is 2.24. The summed E-state index contributed by atoms with van der Waals surface area (Å²) < 4.78 is 0. The zero-order chi connectivity index (χ0) is 7.84. The van der Waals surface area contributed by atoms with Crippen LogP contribution >= 0.6 is 0 Å². The summed E-state index contributed by atoms with van der Waals surface area (Å²) in [5.74, 6) is 0.939. The van der Waals surface area contributed by atoms with Gasteiger partial charge < -0.3 is 10.2 Å². The van der Waals surface area contributed by atoms with Gasteiger partial charge in [0.15, 0.2) is 0 Å². The number of likely N-dealkylation sites (N-methyl/N-ethyl adjacent to an activating group) is 1. The first-order chi connectivity index (χ1) is 5.27. The molecule has 2 aliphatic rings. The predicted octanol–water partition coefficient (Wildman–Crippen LogP) is -0.173. The Morgan fingerprint density at radius 2 is 2.45 bits per heavy atom. The zero-order valence-corrected chi connectivity index (χ0v) is 6.84. The van der Waals surface area contributed by atoms with Gasteiger partial charge in [0.1, 0.15) is 0 Å². The molecule has 0 aromatic heterocycles. The van der Waals surface area contributed by atoms with Gasteiger partial charge in [-0.05, 0) is 18.9 Å². The van der Waals surface area contributed by atoms with E-state index in [9.17, 15) is 4.79 Å². The van der Waals surface area contributed by atoms with Crippen molar-refractivity contribution in [2.75, 3.05) is 20.1 Å². The summed E-state index contributed by atoms with van der Waals surface area (Å²) in [4.78, 5) is 13.1. The van der Waals surface area contributed by atoms with Crippen LogP contribution in [-0.4, -0.2) is 37.0 Å². The second-order valence-electron chi connectivity index (χ2n) is 3.59. The minimum absolute atomic E-state index is 0.315. The standard InChI is InChI=1S/C8H14N2O/c1-10-5-7-6(2-3-9-7)4-8(10)11/h6-7,9H,2-5H2,1H3. The van der Waals surface area contributed by atoms with Crippen molar-refractivity contribution in [3.8, 4) is 0 Å². The van der Waals surface area contributed by atoms with Crippen LogP contribution in [-0.2, 0) is 4.79 Å². The monoisotopic (exact) mass is 154 g/mol. The number of carbonyl (C=O) groups is 1. The van der Waals surface area contributed by atoms with Crippen molar-refractivity contribution >= 4 is 5.91 Å². The molecule has 2 saturated heterocycles. The van der Waals surface area contributed by atoms with Crippen molar-refractivity contribution in [2.45, 2.75) is 18.9 Å². The molecule has 2 atom stereocenters. The molecule has 1 N–H and O–H groups in total. The molecule has 62 valence electrons. The molecule has 0 radical (unpaired) electrons. The average molecular weight is 154 g/mol. The quantitative estimate of drug-likeness (QED) is 0.525. The van der Waals surface area contributed by atoms with E-state index in [0.29, 0.717) is 17.9 Å². The van der Waals surface area contributed by atoms with E-state index in [4.69, 9.17) is 0 Å². The number of fused-ring (bicyclic) bond motifs is 1. The molecule has 3 nitrogen and oxygen atoms in total. The molecule has 2 heterocycles. The summed E-state index contributed by atoms with van der Waals surface area (Å²) >= 11 is 0. The van der Waals surface area contributed by atoms with Gasteiger partial charge in [0.05, 0.1) is 0 Å². The SMILES string of the molecule is CN1CC2NCCC2CC1=O. The van der Waals surface area contributed by atoms with Crippen LogP contribution in [0.5, 0.6) is 0 Å². The maximum absolute atomic E-state index is 11.2. The number of hydrogen-bond donors (Lipinski definition) is 1. The molecule has 3 heteroatoms. The van der Waals surface area contributed by atoms with Gasteiger partial charge in [-0.2, -0.15) is 0 Å². The van der Waals surface area contributed by atoms with Crippen LogP contribution in [0.15, 0.2) is 0 Å². The van der Waals surface area contributed by atoms with Crippen LogP contribution in [0, 0.1) is 5.92 Å². The van der Waals surface area contributed by atoms with E-state index in [1.165, 1.54) is 6.42 Å². The molecule has 1 amide bonds. The lowest BCUT2D eigenvalue weighted by Crippen LogP contribution is -2.47. The van der Waals surface area contributed by atoms with Gasteiger partial charge in [-0.25, -0.2) is 0 Å². The second-order valence-corrected chi connectivity index (χ2v) is 3.59. The van der Waals surface area contributed by atoms with E-state index in [2.05, 4.69) is 5.32 Å². The van der Waals surface area contributed by atoms with Crippen molar-refractivity contribution in [1.29, 1.82) is 0 Å². The number of hydrogen-bond acceptors (Lipinski definition) is 2. The normalized spacial score (nSPS) is 37.5. The molecule has 0 aliphatic carbocycles. The smallest absolute Gasteiger partial charge is 0.222 e. The Balaban J connectivity index is 2.06. The van der Waals surface area contributed by atoms with Gasteiger partial charge in [-0.15, -0.1) is 0 Å². The first kappa shape index (κ1) is 7.10. The van der Waals surface area contributed by atoms with E-state index in [0.717, 1.165) is 19.5 Å². The highest BCUT2D eigenvalue weighted by Gasteiger charge is 2.34. The maximum atomic E-state index is 11.2. The van der Waals surface area contributed by atoms with Crippen LogP contribution in [0.25, 0.3) is 0 Å². The molecule has 0 saturated carbocycles. The first-order valence-electron chi connectivity index (χ1n) is 4.25. The fourth-order valence-corrected chi connectivity index (χ4v) is 2.06. The number of likely N-dealkylation sites (tertiary alicyclic amines) is 1. The largest absolute Gasteiger partial charge is 0.344 e. The summed E-state index contributed by atoms with van der Waals surface area (Å²) in [6.45, 7) is 2.00. The van der Waals surface area contributed by atoms with Crippen LogP contribution in [0.1, 0.15) is 12.8 Å². The van der Waals surface area contributed by atoms with Gasteiger partial charge in [0, 0.05) is 26.1 Å². The molecule has 2 fully saturated rings. The Morgan fingerprint density at radius 1 is 1.64 bits per heavy atom. The van der Waals surface area contributed by atoms with Gasteiger partial charge in [-0.3, -0.25) is 4.79 Å². The molecule has 0 aromatic rings. The van der Waals surface area contributed by atoms with Crippen molar-refractivity contribution in [2.24, 2.45) is 5.92 Å².